The Balaban J connectivity index is 2.17. The van der Waals surface area contributed by atoms with Crippen LogP contribution in [0.15, 0.2) is 59.4 Å². The molecular formula is C23H22ClFN2O3. The molecule has 156 valence electrons. The molecule has 5 nitrogen and oxygen atoms in total. The van der Waals surface area contributed by atoms with E-state index < -0.39 is 22.8 Å². The predicted molar refractivity (Wildman–Crippen MR) is 115 cm³/mol. The Morgan fingerprint density at radius 2 is 1.87 bits per heavy atom. The van der Waals surface area contributed by atoms with Crippen molar-refractivity contribution in [2.75, 3.05) is 0 Å². The van der Waals surface area contributed by atoms with Gasteiger partial charge >= 0.3 is 0 Å². The SMILES string of the molecule is CC(CC(=O)c1cc(-c2ccc(Cl)cc2)nn(-c2cccc(F)c2)c1=O)C(C)(C)O. The van der Waals surface area contributed by atoms with Crippen LogP contribution >= 0.6 is 11.6 Å². The monoisotopic (exact) mass is 428 g/mol. The van der Waals surface area contributed by atoms with Crippen molar-refractivity contribution < 1.29 is 14.3 Å². The van der Waals surface area contributed by atoms with Gasteiger partial charge in [0.1, 0.15) is 5.82 Å². The molecule has 0 aliphatic carbocycles. The zero-order valence-electron chi connectivity index (χ0n) is 16.9. The molecule has 3 aromatic rings. The van der Waals surface area contributed by atoms with E-state index in [0.29, 0.717) is 16.3 Å². The van der Waals surface area contributed by atoms with Crippen LogP contribution in [0.4, 0.5) is 4.39 Å². The van der Waals surface area contributed by atoms with Crippen molar-refractivity contribution in [1.29, 1.82) is 0 Å². The van der Waals surface area contributed by atoms with Crippen molar-refractivity contribution in [3.05, 3.63) is 81.4 Å². The molecule has 0 fully saturated rings. The van der Waals surface area contributed by atoms with E-state index in [0.717, 1.165) is 4.68 Å². The quantitative estimate of drug-likeness (QED) is 0.579. The molecule has 2 aromatic carbocycles. The summed E-state index contributed by atoms with van der Waals surface area (Å²) in [7, 11) is 0. The summed E-state index contributed by atoms with van der Waals surface area (Å²) in [6.07, 6.45) is -0.0219. The van der Waals surface area contributed by atoms with Crippen molar-refractivity contribution in [3.8, 4) is 16.9 Å². The van der Waals surface area contributed by atoms with Crippen molar-refractivity contribution in [1.82, 2.24) is 9.78 Å². The van der Waals surface area contributed by atoms with Crippen molar-refractivity contribution >= 4 is 17.4 Å². The third kappa shape index (κ3) is 4.83. The molecule has 0 radical (unpaired) electrons. The molecule has 0 amide bonds. The number of halogens is 2. The number of nitrogens with zero attached hydrogens (tertiary/aromatic N) is 2. The smallest absolute Gasteiger partial charge is 0.282 e. The molecule has 0 aliphatic heterocycles. The summed E-state index contributed by atoms with van der Waals surface area (Å²) < 4.78 is 14.8. The van der Waals surface area contributed by atoms with Gasteiger partial charge in [0.25, 0.3) is 5.56 Å². The normalized spacial score (nSPS) is 12.6. The second-order valence-corrected chi connectivity index (χ2v) is 8.27. The molecule has 7 heteroatoms. The second kappa shape index (κ2) is 8.50. The van der Waals surface area contributed by atoms with Crippen LogP contribution in [0, 0.1) is 11.7 Å². The summed E-state index contributed by atoms with van der Waals surface area (Å²) in [4.78, 5) is 26.0. The number of Topliss-reactive ketones (excluding diaryl/α,β-unsaturated/α-hetero) is 1. The van der Waals surface area contributed by atoms with Crippen LogP contribution < -0.4 is 5.56 Å². The molecule has 0 aliphatic rings. The van der Waals surface area contributed by atoms with Gasteiger partial charge in [0.2, 0.25) is 0 Å². The van der Waals surface area contributed by atoms with Crippen molar-refractivity contribution in [3.63, 3.8) is 0 Å². The Kier molecular flexibility index (Phi) is 6.19. The first-order valence-corrected chi connectivity index (χ1v) is 9.86. The number of hydrogen-bond donors (Lipinski definition) is 1. The predicted octanol–water partition coefficient (Wildman–Crippen LogP) is 4.67. The molecule has 0 bridgehead atoms. The average molecular weight is 429 g/mol. The third-order valence-corrected chi connectivity index (χ3v) is 5.35. The maximum Gasteiger partial charge on any atom is 0.282 e. The standard InChI is InChI=1S/C23H22ClFN2O3/c1-14(23(2,3)30)11-21(28)19-13-20(15-7-9-16(24)10-8-15)26-27(22(19)29)18-6-4-5-17(25)12-18/h4-10,12-14,30H,11H2,1-3H3. The molecular weight excluding hydrogens is 407 g/mol. The number of rotatable bonds is 6. The molecule has 1 heterocycles. The van der Waals surface area contributed by atoms with Crippen molar-refractivity contribution in [2.24, 2.45) is 5.92 Å². The fourth-order valence-electron chi connectivity index (χ4n) is 2.88. The maximum atomic E-state index is 13.8. The van der Waals surface area contributed by atoms with Gasteiger partial charge in [0.05, 0.1) is 22.5 Å². The van der Waals surface area contributed by atoms with Gasteiger partial charge < -0.3 is 5.11 Å². The summed E-state index contributed by atoms with van der Waals surface area (Å²) in [5, 5.41) is 15.1. The molecule has 3 rings (SSSR count). The number of carbonyl (C=O) groups is 1. The number of hydrogen-bond acceptors (Lipinski definition) is 4. The van der Waals surface area contributed by atoms with Gasteiger partial charge in [-0.05, 0) is 56.2 Å². The minimum atomic E-state index is -1.08. The summed E-state index contributed by atoms with van der Waals surface area (Å²) in [6, 6.07) is 13.7. The van der Waals surface area contributed by atoms with Gasteiger partial charge in [0, 0.05) is 17.0 Å². The number of aromatic nitrogens is 2. The van der Waals surface area contributed by atoms with Crippen LogP contribution in [-0.4, -0.2) is 26.3 Å². The lowest BCUT2D eigenvalue weighted by atomic mass is 9.87. The zero-order chi connectivity index (χ0) is 22.1. The van der Waals surface area contributed by atoms with E-state index in [1.807, 2.05) is 0 Å². The largest absolute Gasteiger partial charge is 0.390 e. The average Bonchev–Trinajstić information content (AvgIpc) is 2.68. The summed E-state index contributed by atoms with van der Waals surface area (Å²) >= 11 is 5.96. The van der Waals surface area contributed by atoms with Crippen LogP contribution in [0.1, 0.15) is 37.6 Å². The fourth-order valence-corrected chi connectivity index (χ4v) is 3.00. The number of benzene rings is 2. The summed E-state index contributed by atoms with van der Waals surface area (Å²) in [5.41, 5.74) is -0.575. The molecule has 0 saturated carbocycles. The Bertz CT molecular complexity index is 1130. The van der Waals surface area contributed by atoms with E-state index in [2.05, 4.69) is 5.10 Å². The Morgan fingerprint density at radius 3 is 2.47 bits per heavy atom. The Labute approximate surface area is 178 Å². The highest BCUT2D eigenvalue weighted by molar-refractivity contribution is 6.30. The topological polar surface area (TPSA) is 72.2 Å². The first-order valence-electron chi connectivity index (χ1n) is 9.48. The zero-order valence-corrected chi connectivity index (χ0v) is 17.7. The highest BCUT2D eigenvalue weighted by Gasteiger charge is 2.27. The van der Waals surface area contributed by atoms with Crippen LogP contribution in [0.5, 0.6) is 0 Å². The number of ketones is 1. The molecule has 1 aromatic heterocycles. The van der Waals surface area contributed by atoms with E-state index in [1.54, 1.807) is 45.0 Å². The van der Waals surface area contributed by atoms with Crippen molar-refractivity contribution in [2.45, 2.75) is 32.8 Å². The van der Waals surface area contributed by atoms with Gasteiger partial charge in [-0.1, -0.05) is 36.7 Å². The lowest BCUT2D eigenvalue weighted by Gasteiger charge is -2.25. The molecule has 1 atom stereocenters. The maximum absolute atomic E-state index is 13.8. The first kappa shape index (κ1) is 21.9. The van der Waals surface area contributed by atoms with E-state index in [-0.39, 0.29) is 23.6 Å². The van der Waals surface area contributed by atoms with Crippen LogP contribution in [0.3, 0.4) is 0 Å². The van der Waals surface area contributed by atoms with Gasteiger partial charge in [-0.25, -0.2) is 4.39 Å². The molecule has 0 saturated heterocycles. The molecule has 30 heavy (non-hydrogen) atoms. The second-order valence-electron chi connectivity index (χ2n) is 7.83. The van der Waals surface area contributed by atoms with E-state index >= 15 is 0 Å². The molecule has 1 N–H and O–H groups in total. The number of carbonyl (C=O) groups excluding carboxylic acids is 1. The highest BCUT2D eigenvalue weighted by Crippen LogP contribution is 2.24. The highest BCUT2D eigenvalue weighted by atomic mass is 35.5. The van der Waals surface area contributed by atoms with Crippen LogP contribution in [0.2, 0.25) is 5.02 Å². The fraction of sp³-hybridized carbons (Fsp3) is 0.261. The lowest BCUT2D eigenvalue weighted by Crippen LogP contribution is -2.33. The number of aliphatic hydroxyl groups is 1. The van der Waals surface area contributed by atoms with Gasteiger partial charge in [-0.2, -0.15) is 9.78 Å². The summed E-state index contributed by atoms with van der Waals surface area (Å²) in [5.74, 6) is -1.32. The Morgan fingerprint density at radius 1 is 1.20 bits per heavy atom. The Hall–Kier alpha value is -2.83. The third-order valence-electron chi connectivity index (χ3n) is 5.10. The summed E-state index contributed by atoms with van der Waals surface area (Å²) in [6.45, 7) is 4.97. The minimum Gasteiger partial charge on any atom is -0.390 e. The molecule has 1 unspecified atom stereocenters. The van der Waals surface area contributed by atoms with Gasteiger partial charge in [-0.15, -0.1) is 0 Å². The van der Waals surface area contributed by atoms with E-state index in [4.69, 9.17) is 11.6 Å². The van der Waals surface area contributed by atoms with Gasteiger partial charge in [-0.3, -0.25) is 9.59 Å². The lowest BCUT2D eigenvalue weighted by molar-refractivity contribution is 0.0213. The van der Waals surface area contributed by atoms with Gasteiger partial charge in [0.15, 0.2) is 5.78 Å². The van der Waals surface area contributed by atoms with E-state index in [1.165, 1.54) is 30.3 Å². The van der Waals surface area contributed by atoms with Crippen LogP contribution in [0.25, 0.3) is 16.9 Å². The minimum absolute atomic E-state index is 0.0219. The first-order chi connectivity index (χ1) is 14.1. The molecule has 0 spiro atoms. The van der Waals surface area contributed by atoms with Crippen LogP contribution in [-0.2, 0) is 0 Å². The van der Waals surface area contributed by atoms with E-state index in [9.17, 15) is 19.1 Å².